The van der Waals surface area contributed by atoms with Crippen molar-refractivity contribution < 1.29 is 8.42 Å². The third-order valence-corrected chi connectivity index (χ3v) is 4.30. The third kappa shape index (κ3) is 2.44. The Morgan fingerprint density at radius 2 is 2.00 bits per heavy atom. The van der Waals surface area contributed by atoms with Crippen LogP contribution in [0, 0.1) is 6.92 Å². The van der Waals surface area contributed by atoms with Crippen LogP contribution in [-0.2, 0) is 10.0 Å². The highest BCUT2D eigenvalue weighted by molar-refractivity contribution is 7.88. The number of hydrogen-bond acceptors (Lipinski definition) is 3. The molecule has 6 heteroatoms. The van der Waals surface area contributed by atoms with Crippen LogP contribution in [0.2, 0.25) is 0 Å². The molecule has 0 saturated carbocycles. The molecule has 90 valence electrons. The standard InChI is InChI=1S/C10H17N3O2S/c1-9-7-11-13(8-9)10-3-5-12(6-4-10)16(2,14)15/h7-8,10H,3-6H2,1-2H3. The Labute approximate surface area is 96.1 Å². The molecular formula is C10H17N3O2S. The van der Waals surface area contributed by atoms with Crippen molar-refractivity contribution in [3.63, 3.8) is 0 Å². The fourth-order valence-electron chi connectivity index (χ4n) is 2.07. The van der Waals surface area contributed by atoms with E-state index in [1.807, 2.05) is 24.0 Å². The van der Waals surface area contributed by atoms with Gasteiger partial charge in [0.25, 0.3) is 0 Å². The van der Waals surface area contributed by atoms with Gasteiger partial charge in [0.2, 0.25) is 10.0 Å². The average molecular weight is 243 g/mol. The van der Waals surface area contributed by atoms with Crippen LogP contribution >= 0.6 is 0 Å². The zero-order valence-corrected chi connectivity index (χ0v) is 10.4. The monoisotopic (exact) mass is 243 g/mol. The SMILES string of the molecule is Cc1cnn(C2CCN(S(C)(=O)=O)CC2)c1. The first-order valence-electron chi connectivity index (χ1n) is 5.43. The number of sulfonamides is 1. The lowest BCUT2D eigenvalue weighted by Crippen LogP contribution is -2.38. The maximum atomic E-state index is 11.3. The normalized spacial score (nSPS) is 20.1. The second-order valence-corrected chi connectivity index (χ2v) is 6.37. The molecule has 16 heavy (non-hydrogen) atoms. The lowest BCUT2D eigenvalue weighted by molar-refractivity contribution is 0.262. The number of hydrogen-bond donors (Lipinski definition) is 0. The van der Waals surface area contributed by atoms with E-state index >= 15 is 0 Å². The Bertz CT molecular complexity index is 458. The minimum Gasteiger partial charge on any atom is -0.269 e. The maximum absolute atomic E-state index is 11.3. The van der Waals surface area contributed by atoms with Gasteiger partial charge in [-0.05, 0) is 25.3 Å². The molecule has 0 unspecified atom stereocenters. The first-order valence-corrected chi connectivity index (χ1v) is 7.27. The number of piperidine rings is 1. The maximum Gasteiger partial charge on any atom is 0.211 e. The van der Waals surface area contributed by atoms with Gasteiger partial charge in [0.1, 0.15) is 0 Å². The summed E-state index contributed by atoms with van der Waals surface area (Å²) < 4.78 is 26.2. The van der Waals surface area contributed by atoms with Crippen molar-refractivity contribution in [2.24, 2.45) is 0 Å². The van der Waals surface area contributed by atoms with Gasteiger partial charge >= 0.3 is 0 Å². The summed E-state index contributed by atoms with van der Waals surface area (Å²) in [7, 11) is -3.02. The molecule has 1 aliphatic rings. The van der Waals surface area contributed by atoms with Crippen LogP contribution in [0.15, 0.2) is 12.4 Å². The van der Waals surface area contributed by atoms with Crippen LogP contribution in [0.4, 0.5) is 0 Å². The summed E-state index contributed by atoms with van der Waals surface area (Å²) >= 11 is 0. The van der Waals surface area contributed by atoms with Gasteiger partial charge in [-0.3, -0.25) is 4.68 Å². The molecule has 5 nitrogen and oxygen atoms in total. The minimum atomic E-state index is -3.02. The van der Waals surface area contributed by atoms with Gasteiger partial charge in [-0.25, -0.2) is 12.7 Å². The summed E-state index contributed by atoms with van der Waals surface area (Å²) in [6.07, 6.45) is 6.80. The molecule has 0 atom stereocenters. The quantitative estimate of drug-likeness (QED) is 0.771. The van der Waals surface area contributed by atoms with E-state index in [1.54, 1.807) is 4.31 Å². The second-order valence-electron chi connectivity index (χ2n) is 4.39. The fourth-order valence-corrected chi connectivity index (χ4v) is 2.95. The Hall–Kier alpha value is -0.880. The third-order valence-electron chi connectivity index (χ3n) is 3.00. The number of nitrogens with zero attached hydrogens (tertiary/aromatic N) is 3. The van der Waals surface area contributed by atoms with E-state index in [-0.39, 0.29) is 0 Å². The van der Waals surface area contributed by atoms with Crippen LogP contribution in [0.1, 0.15) is 24.4 Å². The number of aryl methyl sites for hydroxylation is 1. The Kier molecular flexibility index (Phi) is 3.03. The van der Waals surface area contributed by atoms with Crippen molar-refractivity contribution in [2.75, 3.05) is 19.3 Å². The van der Waals surface area contributed by atoms with Crippen molar-refractivity contribution in [3.05, 3.63) is 18.0 Å². The fraction of sp³-hybridized carbons (Fsp3) is 0.700. The molecule has 0 aromatic carbocycles. The van der Waals surface area contributed by atoms with Crippen molar-refractivity contribution in [3.8, 4) is 0 Å². The van der Waals surface area contributed by atoms with Crippen LogP contribution in [0.3, 0.4) is 0 Å². The first-order chi connectivity index (χ1) is 7.47. The zero-order chi connectivity index (χ0) is 11.8. The van der Waals surface area contributed by atoms with E-state index in [9.17, 15) is 8.42 Å². The van der Waals surface area contributed by atoms with Gasteiger partial charge in [0.05, 0.1) is 18.5 Å². The Morgan fingerprint density at radius 1 is 1.38 bits per heavy atom. The van der Waals surface area contributed by atoms with Crippen LogP contribution in [-0.4, -0.2) is 41.8 Å². The predicted molar refractivity (Wildman–Crippen MR) is 61.7 cm³/mol. The smallest absolute Gasteiger partial charge is 0.211 e. The summed E-state index contributed by atoms with van der Waals surface area (Å²) in [6, 6.07) is 0.340. The second kappa shape index (κ2) is 4.18. The Balaban J connectivity index is 2.00. The molecule has 0 aliphatic carbocycles. The van der Waals surface area contributed by atoms with Gasteiger partial charge in [0.15, 0.2) is 0 Å². The van der Waals surface area contributed by atoms with Gasteiger partial charge in [-0.1, -0.05) is 0 Å². The predicted octanol–water partition coefficient (Wildman–Crippen LogP) is 0.788. The summed E-state index contributed by atoms with van der Waals surface area (Å²) in [4.78, 5) is 0. The van der Waals surface area contributed by atoms with E-state index in [2.05, 4.69) is 5.10 Å². The molecule has 0 radical (unpaired) electrons. The number of rotatable bonds is 2. The molecule has 0 amide bonds. The molecule has 1 aromatic heterocycles. The lowest BCUT2D eigenvalue weighted by Gasteiger charge is -2.30. The molecule has 2 rings (SSSR count). The molecule has 2 heterocycles. The number of aromatic nitrogens is 2. The summed E-state index contributed by atoms with van der Waals surface area (Å²) in [5.74, 6) is 0. The highest BCUT2D eigenvalue weighted by Gasteiger charge is 2.25. The molecule has 1 aromatic rings. The molecular weight excluding hydrogens is 226 g/mol. The highest BCUT2D eigenvalue weighted by Crippen LogP contribution is 2.23. The molecule has 1 fully saturated rings. The van der Waals surface area contributed by atoms with Crippen LogP contribution in [0.5, 0.6) is 0 Å². The van der Waals surface area contributed by atoms with Gasteiger partial charge in [-0.15, -0.1) is 0 Å². The van der Waals surface area contributed by atoms with Crippen molar-refractivity contribution >= 4 is 10.0 Å². The summed E-state index contributed by atoms with van der Waals surface area (Å²) in [5, 5.41) is 4.28. The topological polar surface area (TPSA) is 55.2 Å². The average Bonchev–Trinajstić information content (AvgIpc) is 2.64. The van der Waals surface area contributed by atoms with E-state index in [4.69, 9.17) is 0 Å². The summed E-state index contributed by atoms with van der Waals surface area (Å²) in [6.45, 7) is 3.21. The van der Waals surface area contributed by atoms with E-state index < -0.39 is 10.0 Å². The van der Waals surface area contributed by atoms with Gasteiger partial charge in [-0.2, -0.15) is 5.10 Å². The van der Waals surface area contributed by atoms with Gasteiger partial charge < -0.3 is 0 Å². The molecule has 0 bridgehead atoms. The lowest BCUT2D eigenvalue weighted by atomic mass is 10.1. The van der Waals surface area contributed by atoms with Crippen molar-refractivity contribution in [1.82, 2.24) is 14.1 Å². The summed E-state index contributed by atoms with van der Waals surface area (Å²) in [5.41, 5.74) is 1.14. The molecule has 0 N–H and O–H groups in total. The van der Waals surface area contributed by atoms with Gasteiger partial charge in [0, 0.05) is 19.3 Å². The first kappa shape index (κ1) is 11.6. The molecule has 1 aliphatic heterocycles. The highest BCUT2D eigenvalue weighted by atomic mass is 32.2. The zero-order valence-electron chi connectivity index (χ0n) is 9.63. The van der Waals surface area contributed by atoms with Crippen molar-refractivity contribution in [2.45, 2.75) is 25.8 Å². The van der Waals surface area contributed by atoms with E-state index in [0.29, 0.717) is 19.1 Å². The minimum absolute atomic E-state index is 0.340. The van der Waals surface area contributed by atoms with Crippen molar-refractivity contribution in [1.29, 1.82) is 0 Å². The molecule has 0 spiro atoms. The largest absolute Gasteiger partial charge is 0.269 e. The van der Waals surface area contributed by atoms with E-state index in [1.165, 1.54) is 6.26 Å². The van der Waals surface area contributed by atoms with E-state index in [0.717, 1.165) is 18.4 Å². The Morgan fingerprint density at radius 3 is 2.44 bits per heavy atom. The molecule has 1 saturated heterocycles. The van der Waals surface area contributed by atoms with Crippen LogP contribution in [0.25, 0.3) is 0 Å². The van der Waals surface area contributed by atoms with Crippen LogP contribution < -0.4 is 0 Å².